The van der Waals surface area contributed by atoms with Crippen LogP contribution in [0.5, 0.6) is 0 Å². The van der Waals surface area contributed by atoms with Gasteiger partial charge in [-0.25, -0.2) is 0 Å². The first-order valence-corrected chi connectivity index (χ1v) is 11.1. The first-order valence-electron chi connectivity index (χ1n) is 11.1. The lowest BCUT2D eigenvalue weighted by atomic mass is 9.50. The molecule has 6 atom stereocenters. The average molecular weight is 385 g/mol. The quantitative estimate of drug-likeness (QED) is 0.648. The van der Waals surface area contributed by atoms with Crippen molar-refractivity contribution in [2.45, 2.75) is 55.9 Å². The molecule has 1 unspecified atom stereocenters. The maximum absolute atomic E-state index is 3.98. The fourth-order valence-corrected chi connectivity index (χ4v) is 7.66. The number of para-hydroxylation sites is 1. The van der Waals surface area contributed by atoms with Crippen molar-refractivity contribution in [3.8, 4) is 0 Å². The summed E-state index contributed by atoms with van der Waals surface area (Å²) in [4.78, 5) is 2.78. The Bertz CT molecular complexity index is 1070. The molecule has 2 saturated heterocycles. The molecule has 6 aliphatic rings. The Morgan fingerprint density at radius 2 is 1.83 bits per heavy atom. The lowest BCUT2D eigenvalue weighted by molar-refractivity contribution is -0.00203. The molecule has 4 heteroatoms. The highest BCUT2D eigenvalue weighted by molar-refractivity contribution is 5.76. The molecule has 2 fully saturated rings. The number of nitrogens with one attached hydrogen (secondary N) is 3. The van der Waals surface area contributed by atoms with Crippen LogP contribution < -0.4 is 16.0 Å². The summed E-state index contributed by atoms with van der Waals surface area (Å²) in [6.07, 6.45) is 5.50. The highest BCUT2D eigenvalue weighted by Gasteiger charge is 2.72. The number of anilines is 2. The van der Waals surface area contributed by atoms with E-state index in [0.29, 0.717) is 12.2 Å². The molecule has 2 bridgehead atoms. The Morgan fingerprint density at radius 1 is 1.00 bits per heavy atom. The standard InChI is InChI=1S/C25H28N4/c1-15(2)14-20-16-6-5-9-19-21(16)25-11-13-29(20)23-24(25,10-12-26-23)17-7-3-4-8-18(17)27-22(25)28-19/h3-9,14,20,22-23,26-28H,10-13H2,1-2H3/t20-,22-,23-,24+,25+/m1/s1. The smallest absolute Gasteiger partial charge is 0.107 e. The zero-order valence-electron chi connectivity index (χ0n) is 17.1. The van der Waals surface area contributed by atoms with E-state index in [-0.39, 0.29) is 17.0 Å². The van der Waals surface area contributed by atoms with Crippen molar-refractivity contribution in [1.82, 2.24) is 10.2 Å². The summed E-state index contributed by atoms with van der Waals surface area (Å²) < 4.78 is 0. The van der Waals surface area contributed by atoms with E-state index in [1.807, 2.05) is 0 Å². The Kier molecular flexibility index (Phi) is 2.98. The second-order valence-corrected chi connectivity index (χ2v) is 9.76. The molecule has 6 heterocycles. The number of fused-ring (bicyclic) bond motifs is 2. The number of hydrogen-bond donors (Lipinski definition) is 3. The summed E-state index contributed by atoms with van der Waals surface area (Å²) in [5.74, 6) is 0. The van der Waals surface area contributed by atoms with Crippen molar-refractivity contribution >= 4 is 11.4 Å². The maximum atomic E-state index is 3.98. The van der Waals surface area contributed by atoms with Crippen molar-refractivity contribution < 1.29 is 0 Å². The Balaban J connectivity index is 1.63. The van der Waals surface area contributed by atoms with Crippen LogP contribution in [-0.4, -0.2) is 30.3 Å². The fourth-order valence-electron chi connectivity index (χ4n) is 7.66. The molecule has 4 nitrogen and oxygen atoms in total. The molecule has 2 spiro atoms. The average Bonchev–Trinajstić information content (AvgIpc) is 3.24. The van der Waals surface area contributed by atoms with Gasteiger partial charge in [0, 0.05) is 23.3 Å². The van der Waals surface area contributed by atoms with Crippen LogP contribution in [0.2, 0.25) is 0 Å². The summed E-state index contributed by atoms with van der Waals surface area (Å²) in [5, 5.41) is 11.8. The van der Waals surface area contributed by atoms with Gasteiger partial charge in [0.2, 0.25) is 0 Å². The predicted molar refractivity (Wildman–Crippen MR) is 117 cm³/mol. The molecule has 0 amide bonds. The molecule has 0 saturated carbocycles. The van der Waals surface area contributed by atoms with Crippen molar-refractivity contribution in [2.24, 2.45) is 0 Å². The van der Waals surface area contributed by atoms with Crippen molar-refractivity contribution in [1.29, 1.82) is 0 Å². The van der Waals surface area contributed by atoms with Crippen LogP contribution in [0.3, 0.4) is 0 Å². The Morgan fingerprint density at radius 3 is 2.72 bits per heavy atom. The first-order chi connectivity index (χ1) is 14.2. The summed E-state index contributed by atoms with van der Waals surface area (Å²) in [5.41, 5.74) is 8.83. The van der Waals surface area contributed by atoms with Crippen LogP contribution in [0.1, 0.15) is 49.4 Å². The molecular weight excluding hydrogens is 356 g/mol. The molecule has 3 N–H and O–H groups in total. The molecule has 8 rings (SSSR count). The summed E-state index contributed by atoms with van der Waals surface area (Å²) in [6, 6.07) is 16.4. The topological polar surface area (TPSA) is 39.3 Å². The largest absolute Gasteiger partial charge is 0.364 e. The minimum absolute atomic E-state index is 0.0855. The van der Waals surface area contributed by atoms with Crippen LogP contribution >= 0.6 is 0 Å². The van der Waals surface area contributed by atoms with E-state index in [1.54, 1.807) is 5.56 Å². The second-order valence-electron chi connectivity index (χ2n) is 9.76. The molecular formula is C25H28N4. The normalized spacial score (nSPS) is 39.5. The van der Waals surface area contributed by atoms with Gasteiger partial charge in [0.05, 0.1) is 17.6 Å². The molecule has 6 aliphatic heterocycles. The van der Waals surface area contributed by atoms with Crippen LogP contribution in [0.4, 0.5) is 11.4 Å². The minimum Gasteiger partial charge on any atom is -0.364 e. The van der Waals surface area contributed by atoms with E-state index in [9.17, 15) is 0 Å². The lowest BCUT2D eigenvalue weighted by Gasteiger charge is -2.60. The highest BCUT2D eigenvalue weighted by atomic mass is 15.4. The van der Waals surface area contributed by atoms with E-state index >= 15 is 0 Å². The van der Waals surface area contributed by atoms with Gasteiger partial charge in [-0.2, -0.15) is 0 Å². The summed E-state index contributed by atoms with van der Waals surface area (Å²) in [7, 11) is 0. The highest BCUT2D eigenvalue weighted by Crippen LogP contribution is 2.68. The third-order valence-corrected chi connectivity index (χ3v) is 8.43. The zero-order chi connectivity index (χ0) is 19.4. The third-order valence-electron chi connectivity index (χ3n) is 8.43. The van der Waals surface area contributed by atoms with E-state index in [2.05, 4.69) is 83.2 Å². The predicted octanol–water partition coefficient (Wildman–Crippen LogP) is 4.09. The summed E-state index contributed by atoms with van der Waals surface area (Å²) >= 11 is 0. The van der Waals surface area contributed by atoms with Gasteiger partial charge in [0.15, 0.2) is 0 Å². The zero-order valence-corrected chi connectivity index (χ0v) is 17.1. The second kappa shape index (κ2) is 5.24. The van der Waals surface area contributed by atoms with Crippen molar-refractivity contribution in [3.63, 3.8) is 0 Å². The SMILES string of the molecule is CC(C)=C[C@@H]1c2cccc3c2[C@]24CCN1[C@H]1NCC[C@]12c1ccccc1N[C@@H]4N3. The van der Waals surface area contributed by atoms with Gasteiger partial charge in [-0.1, -0.05) is 42.0 Å². The van der Waals surface area contributed by atoms with Crippen LogP contribution in [0, 0.1) is 0 Å². The Hall–Kier alpha value is -2.30. The van der Waals surface area contributed by atoms with E-state index < -0.39 is 0 Å². The fraction of sp³-hybridized carbons (Fsp3) is 0.440. The summed E-state index contributed by atoms with van der Waals surface area (Å²) in [6.45, 7) is 6.69. The molecule has 2 aromatic rings. The molecule has 29 heavy (non-hydrogen) atoms. The number of hydrogen-bond acceptors (Lipinski definition) is 4. The third kappa shape index (κ3) is 1.68. The van der Waals surface area contributed by atoms with Gasteiger partial charge in [0.25, 0.3) is 0 Å². The van der Waals surface area contributed by atoms with E-state index in [1.165, 1.54) is 40.9 Å². The Labute approximate surface area is 172 Å². The lowest BCUT2D eigenvalue weighted by Crippen LogP contribution is -2.71. The molecule has 2 aromatic carbocycles. The van der Waals surface area contributed by atoms with Gasteiger partial charge < -0.3 is 16.0 Å². The number of piperidine rings is 1. The first kappa shape index (κ1) is 16.5. The number of rotatable bonds is 1. The van der Waals surface area contributed by atoms with Crippen LogP contribution in [0.15, 0.2) is 54.1 Å². The molecule has 148 valence electrons. The molecule has 0 radical (unpaired) electrons. The van der Waals surface area contributed by atoms with Gasteiger partial charge in [-0.05, 0) is 62.1 Å². The number of allylic oxidation sites excluding steroid dienone is 1. The number of benzene rings is 2. The van der Waals surface area contributed by atoms with Crippen LogP contribution in [0.25, 0.3) is 0 Å². The van der Waals surface area contributed by atoms with E-state index in [0.717, 1.165) is 13.1 Å². The van der Waals surface area contributed by atoms with Gasteiger partial charge in [0.1, 0.15) is 6.17 Å². The van der Waals surface area contributed by atoms with Crippen LogP contribution in [-0.2, 0) is 10.8 Å². The van der Waals surface area contributed by atoms with Crippen molar-refractivity contribution in [3.05, 3.63) is 70.8 Å². The molecule has 0 aromatic heterocycles. The maximum Gasteiger partial charge on any atom is 0.107 e. The minimum atomic E-state index is 0.0855. The monoisotopic (exact) mass is 384 g/mol. The van der Waals surface area contributed by atoms with Gasteiger partial charge >= 0.3 is 0 Å². The number of nitrogens with zero attached hydrogens (tertiary/aromatic N) is 1. The van der Waals surface area contributed by atoms with Crippen molar-refractivity contribution in [2.75, 3.05) is 23.7 Å². The van der Waals surface area contributed by atoms with E-state index in [4.69, 9.17) is 0 Å². The van der Waals surface area contributed by atoms with Gasteiger partial charge in [-0.3, -0.25) is 4.90 Å². The molecule has 0 aliphatic carbocycles. The van der Waals surface area contributed by atoms with Gasteiger partial charge in [-0.15, -0.1) is 0 Å².